The van der Waals surface area contributed by atoms with Gasteiger partial charge in [-0.05, 0) is 137 Å². The lowest BCUT2D eigenvalue weighted by molar-refractivity contribution is -0.148. The summed E-state index contributed by atoms with van der Waals surface area (Å²) in [6.07, 6.45) is 15.9. The van der Waals surface area contributed by atoms with Crippen molar-refractivity contribution in [3.05, 3.63) is 0 Å². The largest absolute Gasteiger partial charge is 0.390 e. The Morgan fingerprint density at radius 2 is 1.61 bits per heavy atom. The fourth-order valence-electron chi connectivity index (χ4n) is 9.81. The minimum atomic E-state index is -0.477. The molecule has 0 heterocycles. The van der Waals surface area contributed by atoms with Gasteiger partial charge in [0.2, 0.25) is 0 Å². The Bertz CT molecular complexity index is 639. The summed E-state index contributed by atoms with van der Waals surface area (Å²) >= 11 is 0. The smallest absolute Gasteiger partial charge is 0.0622 e. The van der Waals surface area contributed by atoms with Gasteiger partial charge in [0.05, 0.1) is 11.2 Å². The summed E-state index contributed by atoms with van der Waals surface area (Å²) in [5, 5.41) is 21.4. The molecular formula is C29H52O2. The quantitative estimate of drug-likeness (QED) is 0.460. The average molecular weight is 433 g/mol. The Morgan fingerprint density at radius 3 is 2.32 bits per heavy atom. The molecule has 0 bridgehead atoms. The average Bonchev–Trinajstić information content (AvgIpc) is 3.04. The minimum absolute atomic E-state index is 0.424. The van der Waals surface area contributed by atoms with Crippen LogP contribution in [0.3, 0.4) is 0 Å². The lowest BCUT2D eigenvalue weighted by Crippen LogP contribution is -2.55. The van der Waals surface area contributed by atoms with Crippen LogP contribution in [0.1, 0.15) is 125 Å². The number of aliphatic hydroxyl groups is 2. The van der Waals surface area contributed by atoms with E-state index >= 15 is 0 Å². The number of rotatable bonds is 6. The molecule has 0 aromatic heterocycles. The van der Waals surface area contributed by atoms with Crippen molar-refractivity contribution in [1.82, 2.24) is 0 Å². The maximum atomic E-state index is 10.7. The third kappa shape index (κ3) is 4.27. The molecule has 2 heteroatoms. The highest BCUT2D eigenvalue weighted by molar-refractivity contribution is 5.10. The first kappa shape index (κ1) is 24.1. The van der Waals surface area contributed by atoms with E-state index in [9.17, 15) is 10.2 Å². The van der Waals surface area contributed by atoms with Gasteiger partial charge in [0.25, 0.3) is 0 Å². The van der Waals surface area contributed by atoms with Crippen molar-refractivity contribution in [2.75, 3.05) is 0 Å². The summed E-state index contributed by atoms with van der Waals surface area (Å²) in [6, 6.07) is 0. The topological polar surface area (TPSA) is 40.5 Å². The molecule has 4 aliphatic rings. The summed E-state index contributed by atoms with van der Waals surface area (Å²) in [6.45, 7) is 14.1. The van der Waals surface area contributed by atoms with Crippen LogP contribution in [-0.4, -0.2) is 21.4 Å². The molecule has 0 saturated heterocycles. The number of fused-ring (bicyclic) bond motifs is 5. The Kier molecular flexibility index (Phi) is 6.44. The van der Waals surface area contributed by atoms with E-state index in [0.29, 0.717) is 10.8 Å². The van der Waals surface area contributed by atoms with Crippen molar-refractivity contribution in [3.8, 4) is 0 Å². The van der Waals surface area contributed by atoms with Crippen LogP contribution in [0.2, 0.25) is 0 Å². The van der Waals surface area contributed by atoms with Crippen molar-refractivity contribution >= 4 is 0 Å². The van der Waals surface area contributed by atoms with Crippen molar-refractivity contribution < 1.29 is 10.2 Å². The van der Waals surface area contributed by atoms with E-state index in [1.54, 1.807) is 0 Å². The zero-order chi connectivity index (χ0) is 22.7. The van der Waals surface area contributed by atoms with E-state index in [0.717, 1.165) is 67.6 Å². The van der Waals surface area contributed by atoms with Gasteiger partial charge in [-0.25, -0.2) is 0 Å². The molecule has 0 aromatic carbocycles. The fourth-order valence-corrected chi connectivity index (χ4v) is 9.81. The molecule has 4 saturated carbocycles. The lowest BCUT2D eigenvalue weighted by atomic mass is 9.43. The Balaban J connectivity index is 1.45. The van der Waals surface area contributed by atoms with E-state index in [-0.39, 0.29) is 0 Å². The summed E-state index contributed by atoms with van der Waals surface area (Å²) in [5.74, 6) is 5.03. The van der Waals surface area contributed by atoms with Crippen LogP contribution in [0.4, 0.5) is 0 Å². The predicted molar refractivity (Wildman–Crippen MR) is 130 cm³/mol. The molecule has 180 valence electrons. The summed E-state index contributed by atoms with van der Waals surface area (Å²) in [4.78, 5) is 0. The van der Waals surface area contributed by atoms with Crippen LogP contribution < -0.4 is 0 Å². The van der Waals surface area contributed by atoms with Crippen molar-refractivity contribution in [3.63, 3.8) is 0 Å². The lowest BCUT2D eigenvalue weighted by Gasteiger charge is -2.62. The highest BCUT2D eigenvalue weighted by atomic mass is 16.3. The molecule has 31 heavy (non-hydrogen) atoms. The number of hydrogen-bond donors (Lipinski definition) is 2. The van der Waals surface area contributed by atoms with Gasteiger partial charge < -0.3 is 10.2 Å². The first-order valence-corrected chi connectivity index (χ1v) is 13.9. The standard InChI is InChI=1S/C29H52O2/c1-7-14-26(3,30)15-12-20(2)23-10-11-24-22-9-8-21-19-27(4,31)17-18-28(21,5)25(22)13-16-29(23,24)6/h20-25,30-31H,7-19H2,1-6H3/t20-,21+,22+,23-,24+,25+,26+,27+,28?,29-/m1/s1. The Morgan fingerprint density at radius 1 is 0.903 bits per heavy atom. The first-order valence-electron chi connectivity index (χ1n) is 13.9. The van der Waals surface area contributed by atoms with Gasteiger partial charge in [-0.2, -0.15) is 0 Å². The Labute approximate surface area is 193 Å². The molecule has 1 unspecified atom stereocenters. The number of hydrogen-bond acceptors (Lipinski definition) is 2. The van der Waals surface area contributed by atoms with E-state index in [1.165, 1.54) is 51.4 Å². The summed E-state index contributed by atoms with van der Waals surface area (Å²) < 4.78 is 0. The van der Waals surface area contributed by atoms with Gasteiger partial charge in [-0.15, -0.1) is 0 Å². The second kappa shape index (κ2) is 8.30. The van der Waals surface area contributed by atoms with Crippen LogP contribution >= 0.6 is 0 Å². The zero-order valence-electron chi connectivity index (χ0n) is 21.6. The van der Waals surface area contributed by atoms with E-state index in [1.807, 2.05) is 6.92 Å². The second-order valence-electron chi connectivity index (χ2n) is 13.8. The van der Waals surface area contributed by atoms with Gasteiger partial charge in [0.15, 0.2) is 0 Å². The van der Waals surface area contributed by atoms with E-state index in [2.05, 4.69) is 34.6 Å². The monoisotopic (exact) mass is 432 g/mol. The molecule has 0 aliphatic heterocycles. The van der Waals surface area contributed by atoms with Crippen LogP contribution in [-0.2, 0) is 0 Å². The molecule has 0 aromatic rings. The van der Waals surface area contributed by atoms with Gasteiger partial charge in [-0.1, -0.05) is 34.1 Å². The molecule has 2 N–H and O–H groups in total. The van der Waals surface area contributed by atoms with Crippen molar-refractivity contribution in [2.45, 2.75) is 136 Å². The van der Waals surface area contributed by atoms with Crippen LogP contribution in [0, 0.1) is 46.3 Å². The fraction of sp³-hybridized carbons (Fsp3) is 1.00. The van der Waals surface area contributed by atoms with Crippen LogP contribution in [0.15, 0.2) is 0 Å². The molecule has 4 rings (SSSR count). The SMILES string of the molecule is CCC[C@](C)(O)CC[C@@H](C)[C@H]1CC[C@H]2[C@@H]3CC[C@H]4C[C@@](C)(O)CCC4(C)[C@H]3CC[C@]12C. The van der Waals surface area contributed by atoms with E-state index < -0.39 is 11.2 Å². The maximum absolute atomic E-state index is 10.7. The van der Waals surface area contributed by atoms with Crippen LogP contribution in [0.5, 0.6) is 0 Å². The van der Waals surface area contributed by atoms with E-state index in [4.69, 9.17) is 0 Å². The van der Waals surface area contributed by atoms with Gasteiger partial charge >= 0.3 is 0 Å². The minimum Gasteiger partial charge on any atom is -0.390 e. The second-order valence-corrected chi connectivity index (χ2v) is 13.8. The maximum Gasteiger partial charge on any atom is 0.0622 e. The van der Waals surface area contributed by atoms with Gasteiger partial charge in [-0.3, -0.25) is 0 Å². The molecule has 4 aliphatic carbocycles. The van der Waals surface area contributed by atoms with Crippen LogP contribution in [0.25, 0.3) is 0 Å². The predicted octanol–water partition coefficient (Wildman–Crippen LogP) is 7.36. The van der Waals surface area contributed by atoms with Gasteiger partial charge in [0, 0.05) is 0 Å². The first-order chi connectivity index (χ1) is 14.4. The third-order valence-electron chi connectivity index (χ3n) is 11.6. The molecule has 4 fully saturated rings. The molecule has 0 spiro atoms. The third-order valence-corrected chi connectivity index (χ3v) is 11.6. The molecule has 10 atom stereocenters. The molecule has 0 radical (unpaired) electrons. The highest BCUT2D eigenvalue weighted by Gasteiger charge is 2.61. The van der Waals surface area contributed by atoms with Crippen molar-refractivity contribution in [2.24, 2.45) is 46.3 Å². The Hall–Kier alpha value is -0.0800. The molecule has 2 nitrogen and oxygen atoms in total. The van der Waals surface area contributed by atoms with Crippen molar-refractivity contribution in [1.29, 1.82) is 0 Å². The van der Waals surface area contributed by atoms with Gasteiger partial charge in [0.1, 0.15) is 0 Å². The normalized spacial score (nSPS) is 50.1. The summed E-state index contributed by atoms with van der Waals surface area (Å²) in [7, 11) is 0. The highest BCUT2D eigenvalue weighted by Crippen LogP contribution is 2.68. The zero-order valence-corrected chi connectivity index (χ0v) is 21.6. The molecule has 0 amide bonds. The molecular weight excluding hydrogens is 380 g/mol. The summed E-state index contributed by atoms with van der Waals surface area (Å²) in [5.41, 5.74) is 0.0808.